The van der Waals surface area contributed by atoms with Gasteiger partial charge in [0.1, 0.15) is 0 Å². The number of amides is 1. The summed E-state index contributed by atoms with van der Waals surface area (Å²) in [6.45, 7) is 2.45. The zero-order valence-electron chi connectivity index (χ0n) is 9.28. The van der Waals surface area contributed by atoms with Crippen molar-refractivity contribution in [3.05, 3.63) is 0 Å². The first-order valence-corrected chi connectivity index (χ1v) is 6.43. The van der Waals surface area contributed by atoms with Crippen molar-refractivity contribution in [3.8, 4) is 0 Å². The minimum Gasteiger partial charge on any atom is -0.481 e. The van der Waals surface area contributed by atoms with E-state index in [9.17, 15) is 9.59 Å². The third-order valence-corrected chi connectivity index (χ3v) is 2.60. The minimum atomic E-state index is -0.849. The van der Waals surface area contributed by atoms with Crippen LogP contribution in [0.2, 0.25) is 0 Å². The molecule has 88 valence electrons. The van der Waals surface area contributed by atoms with E-state index >= 15 is 0 Å². The highest BCUT2D eigenvalue weighted by atomic mass is 32.2. The number of hydrogen-bond acceptors (Lipinski definition) is 3. The van der Waals surface area contributed by atoms with Crippen molar-refractivity contribution >= 4 is 23.6 Å². The van der Waals surface area contributed by atoms with Crippen LogP contribution in [-0.4, -0.2) is 35.5 Å². The SMILES string of the molecule is CSCCCNC(=O)CC(C)CC(=O)O. The highest BCUT2D eigenvalue weighted by Gasteiger charge is 2.11. The summed E-state index contributed by atoms with van der Waals surface area (Å²) in [5, 5.41) is 11.3. The molecule has 0 rings (SSSR count). The van der Waals surface area contributed by atoms with Crippen molar-refractivity contribution in [2.75, 3.05) is 18.6 Å². The molecule has 15 heavy (non-hydrogen) atoms. The van der Waals surface area contributed by atoms with Crippen LogP contribution in [0.4, 0.5) is 0 Å². The Morgan fingerprint density at radius 3 is 2.60 bits per heavy atom. The van der Waals surface area contributed by atoms with Gasteiger partial charge >= 0.3 is 5.97 Å². The van der Waals surface area contributed by atoms with E-state index in [1.807, 2.05) is 6.26 Å². The molecule has 0 aromatic rings. The molecule has 0 saturated carbocycles. The van der Waals surface area contributed by atoms with Gasteiger partial charge in [-0.05, 0) is 24.3 Å². The zero-order valence-corrected chi connectivity index (χ0v) is 10.1. The van der Waals surface area contributed by atoms with Gasteiger partial charge in [-0.15, -0.1) is 0 Å². The monoisotopic (exact) mass is 233 g/mol. The molecule has 1 unspecified atom stereocenters. The van der Waals surface area contributed by atoms with Gasteiger partial charge in [-0.25, -0.2) is 0 Å². The molecule has 0 saturated heterocycles. The summed E-state index contributed by atoms with van der Waals surface area (Å²) in [5.41, 5.74) is 0. The Kier molecular flexibility index (Phi) is 8.18. The first-order chi connectivity index (χ1) is 7.06. The van der Waals surface area contributed by atoms with E-state index in [4.69, 9.17) is 5.11 Å². The average Bonchev–Trinajstić information content (AvgIpc) is 2.10. The van der Waals surface area contributed by atoms with Gasteiger partial charge in [-0.3, -0.25) is 9.59 Å². The van der Waals surface area contributed by atoms with Crippen LogP contribution >= 0.6 is 11.8 Å². The van der Waals surface area contributed by atoms with Gasteiger partial charge in [0.25, 0.3) is 0 Å². The van der Waals surface area contributed by atoms with Gasteiger partial charge in [-0.2, -0.15) is 11.8 Å². The van der Waals surface area contributed by atoms with E-state index in [1.165, 1.54) is 0 Å². The first kappa shape index (κ1) is 14.3. The molecule has 0 aliphatic rings. The smallest absolute Gasteiger partial charge is 0.303 e. The average molecular weight is 233 g/mol. The number of nitrogens with one attached hydrogen (secondary N) is 1. The van der Waals surface area contributed by atoms with Gasteiger partial charge in [0.05, 0.1) is 0 Å². The van der Waals surface area contributed by atoms with E-state index in [1.54, 1.807) is 18.7 Å². The van der Waals surface area contributed by atoms with Crippen LogP contribution in [0, 0.1) is 5.92 Å². The largest absolute Gasteiger partial charge is 0.481 e. The number of carboxylic acid groups (broad SMARTS) is 1. The van der Waals surface area contributed by atoms with Crippen molar-refractivity contribution in [2.45, 2.75) is 26.2 Å². The summed E-state index contributed by atoms with van der Waals surface area (Å²) in [6, 6.07) is 0. The molecule has 1 atom stereocenters. The molecule has 4 nitrogen and oxygen atoms in total. The van der Waals surface area contributed by atoms with Crippen LogP contribution in [0.3, 0.4) is 0 Å². The number of thioether (sulfide) groups is 1. The Bertz CT molecular complexity index is 209. The Morgan fingerprint density at radius 2 is 2.07 bits per heavy atom. The third kappa shape index (κ3) is 9.59. The number of carboxylic acids is 1. The summed E-state index contributed by atoms with van der Waals surface area (Å²) in [4.78, 5) is 21.6. The van der Waals surface area contributed by atoms with Crippen molar-refractivity contribution in [1.29, 1.82) is 0 Å². The molecule has 0 radical (unpaired) electrons. The summed E-state index contributed by atoms with van der Waals surface area (Å²) < 4.78 is 0. The maximum absolute atomic E-state index is 11.3. The Morgan fingerprint density at radius 1 is 1.40 bits per heavy atom. The lowest BCUT2D eigenvalue weighted by Gasteiger charge is -2.08. The molecule has 0 fully saturated rings. The highest BCUT2D eigenvalue weighted by molar-refractivity contribution is 7.98. The van der Waals surface area contributed by atoms with E-state index in [-0.39, 0.29) is 18.2 Å². The maximum Gasteiger partial charge on any atom is 0.303 e. The Balaban J connectivity index is 3.51. The number of carbonyl (C=O) groups is 2. The van der Waals surface area contributed by atoms with Crippen molar-refractivity contribution in [3.63, 3.8) is 0 Å². The minimum absolute atomic E-state index is 0.0511. The molecule has 0 aromatic carbocycles. The van der Waals surface area contributed by atoms with Crippen LogP contribution in [0.25, 0.3) is 0 Å². The van der Waals surface area contributed by atoms with Crippen molar-refractivity contribution in [1.82, 2.24) is 5.32 Å². The summed E-state index contributed by atoms with van der Waals surface area (Å²) in [5.74, 6) is 0.0379. The van der Waals surface area contributed by atoms with Crippen molar-refractivity contribution in [2.24, 2.45) is 5.92 Å². The second kappa shape index (κ2) is 8.59. The molecule has 0 spiro atoms. The summed E-state index contributed by atoms with van der Waals surface area (Å²) in [6.07, 6.45) is 3.33. The number of carbonyl (C=O) groups excluding carboxylic acids is 1. The molecular weight excluding hydrogens is 214 g/mol. The topological polar surface area (TPSA) is 66.4 Å². The molecule has 1 amide bonds. The molecule has 2 N–H and O–H groups in total. The highest BCUT2D eigenvalue weighted by Crippen LogP contribution is 2.06. The maximum atomic E-state index is 11.3. The van der Waals surface area contributed by atoms with Crippen LogP contribution in [0.1, 0.15) is 26.2 Å². The standard InChI is InChI=1S/C10H19NO3S/c1-8(7-10(13)14)6-9(12)11-4-3-5-15-2/h8H,3-7H2,1-2H3,(H,11,12)(H,13,14). The first-order valence-electron chi connectivity index (χ1n) is 5.03. The molecule has 0 aliphatic carbocycles. The lowest BCUT2D eigenvalue weighted by atomic mass is 10.0. The van der Waals surface area contributed by atoms with E-state index in [0.717, 1.165) is 12.2 Å². The van der Waals surface area contributed by atoms with Gasteiger partial charge in [0, 0.05) is 19.4 Å². The Labute approximate surface area is 94.8 Å². The lowest BCUT2D eigenvalue weighted by molar-refractivity contribution is -0.138. The van der Waals surface area contributed by atoms with Gasteiger partial charge in [0.15, 0.2) is 0 Å². The number of rotatable bonds is 8. The predicted octanol–water partition coefficient (Wildman–Crippen LogP) is 1.36. The number of aliphatic carboxylic acids is 1. The van der Waals surface area contributed by atoms with E-state index < -0.39 is 5.97 Å². The molecule has 5 heteroatoms. The third-order valence-electron chi connectivity index (χ3n) is 1.90. The predicted molar refractivity (Wildman–Crippen MR) is 62.0 cm³/mol. The van der Waals surface area contributed by atoms with Crippen molar-refractivity contribution < 1.29 is 14.7 Å². The Hall–Kier alpha value is -0.710. The zero-order chi connectivity index (χ0) is 11.7. The molecule has 0 heterocycles. The van der Waals surface area contributed by atoms with Crippen LogP contribution in [0.5, 0.6) is 0 Å². The van der Waals surface area contributed by atoms with Crippen LogP contribution < -0.4 is 5.32 Å². The van der Waals surface area contributed by atoms with Gasteiger partial charge in [0.2, 0.25) is 5.91 Å². The molecule has 0 aromatic heterocycles. The van der Waals surface area contributed by atoms with Crippen LogP contribution in [-0.2, 0) is 9.59 Å². The van der Waals surface area contributed by atoms with E-state index in [0.29, 0.717) is 13.0 Å². The van der Waals surface area contributed by atoms with E-state index in [2.05, 4.69) is 5.32 Å². The fourth-order valence-electron chi connectivity index (χ4n) is 1.20. The van der Waals surface area contributed by atoms with Crippen LogP contribution in [0.15, 0.2) is 0 Å². The molecular formula is C10H19NO3S. The second-order valence-electron chi connectivity index (χ2n) is 3.60. The summed E-state index contributed by atoms with van der Waals surface area (Å²) >= 11 is 1.75. The molecule has 0 aliphatic heterocycles. The quantitative estimate of drug-likeness (QED) is 0.621. The van der Waals surface area contributed by atoms with Gasteiger partial charge < -0.3 is 10.4 Å². The molecule has 0 bridgehead atoms. The fourth-order valence-corrected chi connectivity index (χ4v) is 1.64. The lowest BCUT2D eigenvalue weighted by Crippen LogP contribution is -2.26. The fraction of sp³-hybridized carbons (Fsp3) is 0.800. The number of hydrogen-bond donors (Lipinski definition) is 2. The normalized spacial score (nSPS) is 12.1. The second-order valence-corrected chi connectivity index (χ2v) is 4.59. The van der Waals surface area contributed by atoms with Gasteiger partial charge in [-0.1, -0.05) is 6.92 Å². The summed E-state index contributed by atoms with van der Waals surface area (Å²) in [7, 11) is 0.